The monoisotopic (exact) mass is 283 g/mol. The second kappa shape index (κ2) is 5.41. The molecular weight excluding hydrogens is 270 g/mol. The van der Waals surface area contributed by atoms with Gasteiger partial charge in [-0.3, -0.25) is 4.79 Å². The molecule has 0 radical (unpaired) electrons. The molecule has 0 aliphatic carbocycles. The highest BCUT2D eigenvalue weighted by molar-refractivity contribution is 7.89. The van der Waals surface area contributed by atoms with E-state index in [0.29, 0.717) is 12.0 Å². The Balaban J connectivity index is 2.27. The van der Waals surface area contributed by atoms with E-state index in [9.17, 15) is 13.2 Å². The van der Waals surface area contributed by atoms with Crippen molar-refractivity contribution in [2.45, 2.75) is 18.6 Å². The summed E-state index contributed by atoms with van der Waals surface area (Å²) in [7, 11) is -3.77. The van der Waals surface area contributed by atoms with Crippen LogP contribution in [0.15, 0.2) is 44.5 Å². The van der Waals surface area contributed by atoms with Crippen molar-refractivity contribution in [3.63, 3.8) is 0 Å². The molecule has 0 unspecified atom stereocenters. The lowest BCUT2D eigenvalue weighted by Gasteiger charge is -2.17. The summed E-state index contributed by atoms with van der Waals surface area (Å²) in [5, 5.41) is -0.247. The van der Waals surface area contributed by atoms with E-state index in [1.165, 1.54) is 22.7 Å². The molecule has 0 aliphatic heterocycles. The average molecular weight is 283 g/mol. The standard InChI is InChI=1S/C12H13NO5S/c1-2-13(8-10-4-3-7-17-10)19(15,16)12-6-5-11(9-14)18-12/h3-7,9H,2,8H2,1H3. The fraction of sp³-hybridized carbons (Fsp3) is 0.250. The Hall–Kier alpha value is -1.86. The lowest BCUT2D eigenvalue weighted by Crippen LogP contribution is -2.30. The Labute approximate surface area is 110 Å². The number of carbonyl (C=O) groups excluding carboxylic acids is 1. The Morgan fingerprint density at radius 1 is 1.32 bits per heavy atom. The van der Waals surface area contributed by atoms with Crippen LogP contribution in [0.5, 0.6) is 0 Å². The van der Waals surface area contributed by atoms with Crippen LogP contribution in [0, 0.1) is 0 Å². The summed E-state index contributed by atoms with van der Waals surface area (Å²) in [6.45, 7) is 2.09. The highest BCUT2D eigenvalue weighted by Crippen LogP contribution is 2.20. The van der Waals surface area contributed by atoms with Crippen LogP contribution in [0.1, 0.15) is 23.2 Å². The zero-order chi connectivity index (χ0) is 13.9. The molecule has 6 nitrogen and oxygen atoms in total. The van der Waals surface area contributed by atoms with E-state index in [4.69, 9.17) is 8.83 Å². The summed E-state index contributed by atoms with van der Waals surface area (Å²) in [5.41, 5.74) is 0. The van der Waals surface area contributed by atoms with E-state index < -0.39 is 10.0 Å². The van der Waals surface area contributed by atoms with Crippen molar-refractivity contribution in [1.29, 1.82) is 0 Å². The zero-order valence-electron chi connectivity index (χ0n) is 10.3. The maximum absolute atomic E-state index is 12.3. The molecule has 0 saturated carbocycles. The Morgan fingerprint density at radius 2 is 2.11 bits per heavy atom. The number of hydrogen-bond donors (Lipinski definition) is 0. The molecule has 0 N–H and O–H groups in total. The largest absolute Gasteiger partial charge is 0.468 e. The van der Waals surface area contributed by atoms with Crippen molar-refractivity contribution < 1.29 is 22.0 Å². The van der Waals surface area contributed by atoms with Crippen LogP contribution in [0.25, 0.3) is 0 Å². The molecule has 0 aromatic carbocycles. The average Bonchev–Trinajstić information content (AvgIpc) is 3.06. The van der Waals surface area contributed by atoms with E-state index in [0.717, 1.165) is 0 Å². The van der Waals surface area contributed by atoms with E-state index in [1.54, 1.807) is 19.1 Å². The van der Waals surface area contributed by atoms with E-state index in [2.05, 4.69) is 0 Å². The Morgan fingerprint density at radius 3 is 2.63 bits per heavy atom. The number of nitrogens with zero attached hydrogens (tertiary/aromatic N) is 1. The summed E-state index contributed by atoms with van der Waals surface area (Å²) >= 11 is 0. The van der Waals surface area contributed by atoms with E-state index in [1.807, 2.05) is 0 Å². The molecule has 7 heteroatoms. The minimum Gasteiger partial charge on any atom is -0.468 e. The molecule has 2 aromatic heterocycles. The third kappa shape index (κ3) is 2.77. The predicted molar refractivity (Wildman–Crippen MR) is 66.1 cm³/mol. The minimum absolute atomic E-state index is 0.0207. The van der Waals surface area contributed by atoms with Crippen molar-refractivity contribution in [2.75, 3.05) is 6.54 Å². The van der Waals surface area contributed by atoms with Crippen molar-refractivity contribution in [2.24, 2.45) is 0 Å². The molecule has 2 aromatic rings. The van der Waals surface area contributed by atoms with Gasteiger partial charge in [0.2, 0.25) is 5.09 Å². The summed E-state index contributed by atoms with van der Waals surface area (Å²) in [6, 6.07) is 5.97. The molecule has 19 heavy (non-hydrogen) atoms. The fourth-order valence-corrected chi connectivity index (χ4v) is 2.94. The first-order chi connectivity index (χ1) is 9.07. The van der Waals surface area contributed by atoms with Crippen molar-refractivity contribution >= 4 is 16.3 Å². The van der Waals surface area contributed by atoms with Gasteiger partial charge in [0.15, 0.2) is 12.0 Å². The van der Waals surface area contributed by atoms with Crippen LogP contribution in [0.4, 0.5) is 0 Å². The first-order valence-electron chi connectivity index (χ1n) is 5.65. The van der Waals surface area contributed by atoms with Crippen LogP contribution < -0.4 is 0 Å². The van der Waals surface area contributed by atoms with E-state index in [-0.39, 0.29) is 23.9 Å². The van der Waals surface area contributed by atoms with Crippen LogP contribution in [-0.4, -0.2) is 25.6 Å². The number of furan rings is 2. The first-order valence-corrected chi connectivity index (χ1v) is 7.09. The molecule has 0 amide bonds. The number of sulfonamides is 1. The van der Waals surface area contributed by atoms with Crippen LogP contribution in [0.3, 0.4) is 0 Å². The van der Waals surface area contributed by atoms with E-state index >= 15 is 0 Å². The predicted octanol–water partition coefficient (Wildman–Crippen LogP) is 1.90. The SMILES string of the molecule is CCN(Cc1ccco1)S(=O)(=O)c1ccc(C=O)o1. The molecule has 0 spiro atoms. The van der Waals surface area contributed by atoms with Crippen molar-refractivity contribution in [3.8, 4) is 0 Å². The van der Waals surface area contributed by atoms with Crippen molar-refractivity contribution in [3.05, 3.63) is 42.0 Å². The maximum atomic E-state index is 12.3. The molecular formula is C12H13NO5S. The van der Waals surface area contributed by atoms with Gasteiger partial charge in [-0.2, -0.15) is 4.31 Å². The maximum Gasteiger partial charge on any atom is 0.276 e. The summed E-state index contributed by atoms with van der Waals surface area (Å²) in [5.74, 6) is 0.514. The second-order valence-electron chi connectivity index (χ2n) is 3.79. The fourth-order valence-electron chi connectivity index (χ4n) is 1.61. The zero-order valence-corrected chi connectivity index (χ0v) is 11.1. The molecule has 0 fully saturated rings. The van der Waals surface area contributed by atoms with Crippen molar-refractivity contribution in [1.82, 2.24) is 4.31 Å². The van der Waals surface area contributed by atoms with Gasteiger partial charge in [0.05, 0.1) is 12.8 Å². The Bertz CT molecular complexity index is 641. The highest BCUT2D eigenvalue weighted by Gasteiger charge is 2.27. The number of rotatable bonds is 6. The van der Waals surface area contributed by atoms with Crippen LogP contribution in [-0.2, 0) is 16.6 Å². The third-order valence-electron chi connectivity index (χ3n) is 2.58. The molecule has 0 saturated heterocycles. The van der Waals surface area contributed by atoms with Gasteiger partial charge >= 0.3 is 0 Å². The number of aldehydes is 1. The normalized spacial score (nSPS) is 11.9. The molecule has 2 rings (SSSR count). The van der Waals surface area contributed by atoms with Gasteiger partial charge in [-0.05, 0) is 24.3 Å². The lowest BCUT2D eigenvalue weighted by molar-refractivity contribution is 0.109. The van der Waals surface area contributed by atoms with Gasteiger partial charge in [0, 0.05) is 6.54 Å². The van der Waals surface area contributed by atoms with Gasteiger partial charge in [-0.15, -0.1) is 0 Å². The summed E-state index contributed by atoms with van der Waals surface area (Å²) in [4.78, 5) is 10.5. The van der Waals surface area contributed by atoms with Gasteiger partial charge in [0.25, 0.3) is 10.0 Å². The number of carbonyl (C=O) groups is 1. The van der Waals surface area contributed by atoms with Crippen LogP contribution in [0.2, 0.25) is 0 Å². The Kier molecular flexibility index (Phi) is 3.87. The third-order valence-corrected chi connectivity index (χ3v) is 4.37. The van der Waals surface area contributed by atoms with Gasteiger partial charge in [0.1, 0.15) is 5.76 Å². The first kappa shape index (κ1) is 13.6. The molecule has 0 aliphatic rings. The van der Waals surface area contributed by atoms with Gasteiger partial charge in [-0.1, -0.05) is 6.92 Å². The van der Waals surface area contributed by atoms with Gasteiger partial charge in [-0.25, -0.2) is 8.42 Å². The van der Waals surface area contributed by atoms with Gasteiger partial charge < -0.3 is 8.83 Å². The molecule has 102 valence electrons. The summed E-state index contributed by atoms with van der Waals surface area (Å²) < 4.78 is 35.9. The smallest absolute Gasteiger partial charge is 0.276 e. The molecule has 0 atom stereocenters. The molecule has 0 bridgehead atoms. The molecule has 2 heterocycles. The lowest BCUT2D eigenvalue weighted by atomic mass is 10.4. The van der Waals surface area contributed by atoms with Crippen LogP contribution >= 0.6 is 0 Å². The quantitative estimate of drug-likeness (QED) is 0.756. The summed E-state index contributed by atoms with van der Waals surface area (Å²) in [6.07, 6.45) is 1.94. The highest BCUT2D eigenvalue weighted by atomic mass is 32.2. The second-order valence-corrected chi connectivity index (χ2v) is 5.65. The topological polar surface area (TPSA) is 80.7 Å². The number of hydrogen-bond acceptors (Lipinski definition) is 5. The minimum atomic E-state index is -3.77.